The van der Waals surface area contributed by atoms with Crippen LogP contribution in [0.5, 0.6) is 5.75 Å². The van der Waals surface area contributed by atoms with Crippen LogP contribution in [0.15, 0.2) is 36.5 Å². The molecule has 2 N–H and O–H groups in total. The van der Waals surface area contributed by atoms with Crippen molar-refractivity contribution < 1.29 is 9.13 Å². The fourth-order valence-electron chi connectivity index (χ4n) is 2.18. The number of pyridine rings is 1. The van der Waals surface area contributed by atoms with Gasteiger partial charge in [-0.1, -0.05) is 18.5 Å². The number of hydrogen-bond donors (Lipinski definition) is 1. The molecule has 0 saturated carbocycles. The van der Waals surface area contributed by atoms with E-state index in [-0.39, 0.29) is 0 Å². The van der Waals surface area contributed by atoms with E-state index in [1.54, 1.807) is 31.4 Å². The molecule has 0 aliphatic carbocycles. The van der Waals surface area contributed by atoms with E-state index < -0.39 is 11.4 Å². The van der Waals surface area contributed by atoms with E-state index in [0.717, 1.165) is 11.8 Å². The van der Waals surface area contributed by atoms with Crippen molar-refractivity contribution in [2.45, 2.75) is 18.9 Å². The molecule has 5 heteroatoms. The third kappa shape index (κ3) is 2.62. The maximum atomic E-state index is 13.0. The highest BCUT2D eigenvalue weighted by Crippen LogP contribution is 2.36. The van der Waals surface area contributed by atoms with E-state index in [9.17, 15) is 4.39 Å². The molecule has 3 nitrogen and oxygen atoms in total. The Morgan fingerprint density at radius 2 is 2.10 bits per heavy atom. The number of nitrogens with two attached hydrogens (primary N) is 1. The highest BCUT2D eigenvalue weighted by Gasteiger charge is 2.32. The maximum Gasteiger partial charge on any atom is 0.141 e. The summed E-state index contributed by atoms with van der Waals surface area (Å²) in [6.07, 6.45) is 1.73. The summed E-state index contributed by atoms with van der Waals surface area (Å²) in [5.74, 6) is 0.232. The summed E-state index contributed by atoms with van der Waals surface area (Å²) >= 11 is 6.06. The van der Waals surface area contributed by atoms with Crippen LogP contribution in [0.4, 0.5) is 4.39 Å². The van der Waals surface area contributed by atoms with Crippen molar-refractivity contribution in [2.75, 3.05) is 7.11 Å². The summed E-state index contributed by atoms with van der Waals surface area (Å²) in [5, 5.41) is 0.561. The first-order valence-corrected chi connectivity index (χ1v) is 6.64. The average molecular weight is 295 g/mol. The predicted octanol–water partition coefficient (Wildman–Crippen LogP) is 3.50. The highest BCUT2D eigenvalue weighted by atomic mass is 35.5. The van der Waals surface area contributed by atoms with Gasteiger partial charge in [0.05, 0.1) is 24.5 Å². The number of ether oxygens (including phenoxy) is 1. The van der Waals surface area contributed by atoms with Gasteiger partial charge >= 0.3 is 0 Å². The third-order valence-electron chi connectivity index (χ3n) is 3.38. The fourth-order valence-corrected chi connectivity index (χ4v) is 2.35. The summed E-state index contributed by atoms with van der Waals surface area (Å²) in [6.45, 7) is 1.94. The average Bonchev–Trinajstić information content (AvgIpc) is 2.47. The summed E-state index contributed by atoms with van der Waals surface area (Å²) in [6, 6.07) is 8.18. The summed E-state index contributed by atoms with van der Waals surface area (Å²) < 4.78 is 18.4. The Hall–Kier alpha value is -1.65. The Morgan fingerprint density at radius 3 is 2.65 bits per heavy atom. The molecule has 1 heterocycles. The molecule has 0 bridgehead atoms. The minimum atomic E-state index is -0.885. The van der Waals surface area contributed by atoms with Crippen LogP contribution in [0.25, 0.3) is 0 Å². The lowest BCUT2D eigenvalue weighted by molar-refractivity contribution is 0.389. The van der Waals surface area contributed by atoms with Crippen LogP contribution in [0.1, 0.15) is 24.6 Å². The molecule has 20 heavy (non-hydrogen) atoms. The maximum absolute atomic E-state index is 13.0. The largest absolute Gasteiger partial charge is 0.496 e. The Labute approximate surface area is 122 Å². The van der Waals surface area contributed by atoms with Crippen LogP contribution in [0, 0.1) is 5.82 Å². The molecule has 1 unspecified atom stereocenters. The van der Waals surface area contributed by atoms with E-state index in [1.165, 1.54) is 6.07 Å². The smallest absolute Gasteiger partial charge is 0.141 e. The van der Waals surface area contributed by atoms with Gasteiger partial charge in [-0.3, -0.25) is 4.98 Å². The van der Waals surface area contributed by atoms with Gasteiger partial charge in [-0.15, -0.1) is 0 Å². The molecule has 106 valence electrons. The number of hydrogen-bond acceptors (Lipinski definition) is 3. The zero-order valence-corrected chi connectivity index (χ0v) is 12.1. The number of aromatic nitrogens is 1. The second kappa shape index (κ2) is 5.77. The van der Waals surface area contributed by atoms with E-state index in [1.807, 2.05) is 6.92 Å². The normalized spacial score (nSPS) is 13.8. The van der Waals surface area contributed by atoms with Gasteiger partial charge in [-0.2, -0.15) is 0 Å². The van der Waals surface area contributed by atoms with E-state index in [4.69, 9.17) is 22.1 Å². The molecule has 0 aliphatic rings. The molecule has 1 aromatic heterocycles. The fraction of sp³-hybridized carbons (Fsp3) is 0.267. The summed E-state index contributed by atoms with van der Waals surface area (Å²) in [5.41, 5.74) is 6.93. The Kier molecular flexibility index (Phi) is 4.26. The summed E-state index contributed by atoms with van der Waals surface area (Å²) in [7, 11) is 1.57. The zero-order chi connectivity index (χ0) is 14.8. The van der Waals surface area contributed by atoms with Crippen molar-refractivity contribution in [1.82, 2.24) is 4.98 Å². The quantitative estimate of drug-likeness (QED) is 0.939. The molecular weight excluding hydrogens is 279 g/mol. The van der Waals surface area contributed by atoms with Crippen LogP contribution in [0.3, 0.4) is 0 Å². The van der Waals surface area contributed by atoms with Crippen LogP contribution in [0.2, 0.25) is 5.02 Å². The molecule has 1 atom stereocenters. The SMILES string of the molecule is CCC(N)(c1ccc(F)cn1)c1cc(Cl)ccc1OC. The Morgan fingerprint density at radius 1 is 1.35 bits per heavy atom. The van der Waals surface area contributed by atoms with Crippen molar-refractivity contribution in [3.8, 4) is 5.75 Å². The Balaban J connectivity index is 2.61. The molecule has 0 spiro atoms. The standard InChI is InChI=1S/C15H16ClFN2O/c1-3-15(18,14-7-5-11(17)9-19-14)12-8-10(16)4-6-13(12)20-2/h4-9H,3,18H2,1-2H3. The summed E-state index contributed by atoms with van der Waals surface area (Å²) in [4.78, 5) is 4.10. The monoisotopic (exact) mass is 294 g/mol. The Bertz CT molecular complexity index is 603. The number of rotatable bonds is 4. The number of halogens is 2. The second-order valence-electron chi connectivity index (χ2n) is 4.53. The predicted molar refractivity (Wildman–Crippen MR) is 77.5 cm³/mol. The molecule has 2 rings (SSSR count). The lowest BCUT2D eigenvalue weighted by Crippen LogP contribution is -2.38. The first kappa shape index (κ1) is 14.8. The number of benzene rings is 1. The highest BCUT2D eigenvalue weighted by molar-refractivity contribution is 6.30. The second-order valence-corrected chi connectivity index (χ2v) is 4.97. The van der Waals surface area contributed by atoms with Crippen molar-refractivity contribution in [2.24, 2.45) is 5.73 Å². The minimum Gasteiger partial charge on any atom is -0.496 e. The van der Waals surface area contributed by atoms with E-state index in [0.29, 0.717) is 22.9 Å². The van der Waals surface area contributed by atoms with Crippen molar-refractivity contribution in [1.29, 1.82) is 0 Å². The van der Waals surface area contributed by atoms with Crippen molar-refractivity contribution in [3.63, 3.8) is 0 Å². The van der Waals surface area contributed by atoms with Gasteiger partial charge in [0.1, 0.15) is 11.6 Å². The lowest BCUT2D eigenvalue weighted by Gasteiger charge is -2.30. The molecule has 0 saturated heterocycles. The molecule has 0 aliphatic heterocycles. The van der Waals surface area contributed by atoms with Gasteiger partial charge in [0.15, 0.2) is 0 Å². The van der Waals surface area contributed by atoms with Crippen molar-refractivity contribution in [3.05, 3.63) is 58.6 Å². The van der Waals surface area contributed by atoms with Crippen LogP contribution < -0.4 is 10.5 Å². The first-order valence-electron chi connectivity index (χ1n) is 6.26. The van der Waals surface area contributed by atoms with Gasteiger partial charge in [0.2, 0.25) is 0 Å². The van der Waals surface area contributed by atoms with E-state index in [2.05, 4.69) is 4.98 Å². The molecular formula is C15H16ClFN2O. The molecule has 0 radical (unpaired) electrons. The molecule has 0 amide bonds. The van der Waals surface area contributed by atoms with Gasteiger partial charge < -0.3 is 10.5 Å². The van der Waals surface area contributed by atoms with E-state index >= 15 is 0 Å². The number of methoxy groups -OCH3 is 1. The van der Waals surface area contributed by atoms with Crippen LogP contribution in [-0.2, 0) is 5.54 Å². The van der Waals surface area contributed by atoms with Crippen LogP contribution in [-0.4, -0.2) is 12.1 Å². The van der Waals surface area contributed by atoms with Gasteiger partial charge in [-0.25, -0.2) is 4.39 Å². The topological polar surface area (TPSA) is 48.1 Å². The third-order valence-corrected chi connectivity index (χ3v) is 3.62. The zero-order valence-electron chi connectivity index (χ0n) is 11.4. The van der Waals surface area contributed by atoms with Gasteiger partial charge in [0.25, 0.3) is 0 Å². The van der Waals surface area contributed by atoms with Crippen molar-refractivity contribution >= 4 is 11.6 Å². The van der Waals surface area contributed by atoms with Gasteiger partial charge in [-0.05, 0) is 36.8 Å². The molecule has 2 aromatic rings. The number of nitrogens with zero attached hydrogens (tertiary/aromatic N) is 1. The molecule has 0 fully saturated rings. The van der Waals surface area contributed by atoms with Crippen LogP contribution >= 0.6 is 11.6 Å². The lowest BCUT2D eigenvalue weighted by atomic mass is 9.84. The minimum absolute atomic E-state index is 0.398. The first-order chi connectivity index (χ1) is 9.51. The molecule has 1 aromatic carbocycles. The van der Waals surface area contributed by atoms with Gasteiger partial charge in [0, 0.05) is 10.6 Å².